The van der Waals surface area contributed by atoms with Crippen molar-refractivity contribution in [3.05, 3.63) is 77.3 Å². The Hall–Kier alpha value is -3.12. The van der Waals surface area contributed by atoms with Crippen molar-refractivity contribution in [3.63, 3.8) is 0 Å². The molecule has 0 radical (unpaired) electrons. The Kier molecular flexibility index (Phi) is 6.01. The second-order valence-corrected chi connectivity index (χ2v) is 5.99. The third kappa shape index (κ3) is 5.46. The maximum atomic E-state index is 11.9. The number of halogens is 1. The summed E-state index contributed by atoms with van der Waals surface area (Å²) in [5.41, 5.74) is 1.85. The first-order valence-corrected chi connectivity index (χ1v) is 8.52. The van der Waals surface area contributed by atoms with Gasteiger partial charge in [-0.25, -0.2) is 4.79 Å². The van der Waals surface area contributed by atoms with Gasteiger partial charge in [0.25, 0.3) is 0 Å². The van der Waals surface area contributed by atoms with Crippen LogP contribution < -0.4 is 16.0 Å². The minimum atomic E-state index is -0.368. The number of hydrogen-bond donors (Lipinski definition) is 3. The third-order valence-corrected chi connectivity index (χ3v) is 3.78. The Morgan fingerprint density at radius 1 is 0.885 bits per heavy atom. The molecule has 6 nitrogen and oxygen atoms in total. The van der Waals surface area contributed by atoms with E-state index in [0.29, 0.717) is 23.9 Å². The number of para-hydroxylation sites is 1. The van der Waals surface area contributed by atoms with E-state index in [1.165, 1.54) is 0 Å². The average Bonchev–Trinajstić information content (AvgIpc) is 2.64. The highest BCUT2D eigenvalue weighted by Crippen LogP contribution is 2.12. The summed E-state index contributed by atoms with van der Waals surface area (Å²) in [6.07, 6.45) is 0.821. The molecule has 0 aliphatic carbocycles. The van der Waals surface area contributed by atoms with E-state index < -0.39 is 0 Å². The lowest BCUT2D eigenvalue weighted by Crippen LogP contribution is -2.20. The van der Waals surface area contributed by atoms with E-state index in [0.717, 1.165) is 17.0 Å². The van der Waals surface area contributed by atoms with Crippen LogP contribution in [0.1, 0.15) is 5.56 Å². The van der Waals surface area contributed by atoms with Gasteiger partial charge in [0.2, 0.25) is 0 Å². The minimum absolute atomic E-state index is 0.368. The van der Waals surface area contributed by atoms with Gasteiger partial charge >= 0.3 is 6.03 Å². The Balaban J connectivity index is 1.46. The van der Waals surface area contributed by atoms with E-state index in [9.17, 15) is 4.79 Å². The molecule has 0 aliphatic heterocycles. The molecule has 0 atom stereocenters. The fourth-order valence-corrected chi connectivity index (χ4v) is 2.53. The fraction of sp³-hybridized carbons (Fsp3) is 0.105. The van der Waals surface area contributed by atoms with Gasteiger partial charge in [-0.15, -0.1) is 10.2 Å². The summed E-state index contributed by atoms with van der Waals surface area (Å²) >= 11 is 5.97. The molecule has 3 aromatic rings. The standard InChI is InChI=1S/C19H18ClN5O/c20-15-6-4-5-14(13-15)11-12-21-17-9-10-18(25-24-17)23-19(26)22-16-7-2-1-3-8-16/h1-10,13H,11-12H2,(H,21,24)(H2,22,23,25,26). The number of rotatable bonds is 6. The van der Waals surface area contributed by atoms with Crippen molar-refractivity contribution in [2.45, 2.75) is 6.42 Å². The molecule has 0 bridgehead atoms. The first-order valence-electron chi connectivity index (χ1n) is 8.14. The molecule has 3 N–H and O–H groups in total. The maximum absolute atomic E-state index is 11.9. The van der Waals surface area contributed by atoms with Gasteiger partial charge in [0.15, 0.2) is 5.82 Å². The van der Waals surface area contributed by atoms with Gasteiger partial charge in [-0.2, -0.15) is 0 Å². The lowest BCUT2D eigenvalue weighted by Gasteiger charge is -2.08. The zero-order valence-corrected chi connectivity index (χ0v) is 14.7. The van der Waals surface area contributed by atoms with E-state index >= 15 is 0 Å². The van der Waals surface area contributed by atoms with Crippen LogP contribution in [0.15, 0.2) is 66.7 Å². The predicted octanol–water partition coefficient (Wildman–Crippen LogP) is 4.43. The van der Waals surface area contributed by atoms with Gasteiger partial charge in [0, 0.05) is 17.3 Å². The van der Waals surface area contributed by atoms with Crippen molar-refractivity contribution in [1.82, 2.24) is 10.2 Å². The molecule has 0 unspecified atom stereocenters. The van der Waals surface area contributed by atoms with Crippen molar-refractivity contribution in [2.24, 2.45) is 0 Å². The molecule has 7 heteroatoms. The third-order valence-electron chi connectivity index (χ3n) is 3.55. The molecular formula is C19H18ClN5O. The Bertz CT molecular complexity index is 855. The number of carbonyl (C=O) groups is 1. The number of urea groups is 1. The summed E-state index contributed by atoms with van der Waals surface area (Å²) in [5.74, 6) is 1.01. The van der Waals surface area contributed by atoms with Crippen LogP contribution in [0.3, 0.4) is 0 Å². The van der Waals surface area contributed by atoms with Crippen molar-refractivity contribution in [1.29, 1.82) is 0 Å². The number of aromatic nitrogens is 2. The molecular weight excluding hydrogens is 350 g/mol. The van der Waals surface area contributed by atoms with Crippen molar-refractivity contribution >= 4 is 35.0 Å². The van der Waals surface area contributed by atoms with Crippen LogP contribution >= 0.6 is 11.6 Å². The molecule has 0 fully saturated rings. The molecule has 0 aliphatic rings. The second kappa shape index (κ2) is 8.82. The molecule has 1 heterocycles. The van der Waals surface area contributed by atoms with Crippen LogP contribution in [0.2, 0.25) is 5.02 Å². The number of anilines is 3. The van der Waals surface area contributed by atoms with Crippen LogP contribution in [0.5, 0.6) is 0 Å². The summed E-state index contributed by atoms with van der Waals surface area (Å²) in [7, 11) is 0. The molecule has 2 aromatic carbocycles. The van der Waals surface area contributed by atoms with Gasteiger partial charge in [-0.3, -0.25) is 5.32 Å². The van der Waals surface area contributed by atoms with Crippen LogP contribution in [-0.4, -0.2) is 22.8 Å². The topological polar surface area (TPSA) is 78.9 Å². The van der Waals surface area contributed by atoms with Gasteiger partial charge < -0.3 is 10.6 Å². The summed E-state index contributed by atoms with van der Waals surface area (Å²) in [6.45, 7) is 0.705. The Labute approximate surface area is 156 Å². The van der Waals surface area contributed by atoms with Crippen molar-refractivity contribution < 1.29 is 4.79 Å². The molecule has 0 saturated carbocycles. The fourth-order valence-electron chi connectivity index (χ4n) is 2.32. The molecule has 2 amide bonds. The number of hydrogen-bond acceptors (Lipinski definition) is 4. The molecule has 26 heavy (non-hydrogen) atoms. The monoisotopic (exact) mass is 367 g/mol. The van der Waals surface area contributed by atoms with Gasteiger partial charge in [0.05, 0.1) is 0 Å². The zero-order valence-electron chi connectivity index (χ0n) is 13.9. The molecule has 1 aromatic heterocycles. The average molecular weight is 368 g/mol. The van der Waals surface area contributed by atoms with Crippen LogP contribution in [0.4, 0.5) is 22.1 Å². The summed E-state index contributed by atoms with van der Waals surface area (Å²) in [5, 5.41) is 17.3. The van der Waals surface area contributed by atoms with Crippen LogP contribution in [0, 0.1) is 0 Å². The molecule has 132 valence electrons. The van der Waals surface area contributed by atoms with Gasteiger partial charge in [-0.05, 0) is 48.4 Å². The number of nitrogens with one attached hydrogen (secondary N) is 3. The SMILES string of the molecule is O=C(Nc1ccccc1)Nc1ccc(NCCc2cccc(Cl)c2)nn1. The number of nitrogens with zero attached hydrogens (tertiary/aromatic N) is 2. The molecule has 0 spiro atoms. The van der Waals surface area contributed by atoms with Gasteiger partial charge in [0.1, 0.15) is 5.82 Å². The van der Waals surface area contributed by atoms with E-state index in [2.05, 4.69) is 26.1 Å². The van der Waals surface area contributed by atoms with Crippen molar-refractivity contribution in [2.75, 3.05) is 22.5 Å². The normalized spacial score (nSPS) is 10.2. The largest absolute Gasteiger partial charge is 0.368 e. The van der Waals surface area contributed by atoms with Crippen LogP contribution in [0.25, 0.3) is 0 Å². The highest BCUT2D eigenvalue weighted by Gasteiger charge is 2.04. The number of benzene rings is 2. The quantitative estimate of drug-likeness (QED) is 0.602. The maximum Gasteiger partial charge on any atom is 0.324 e. The van der Waals surface area contributed by atoms with Gasteiger partial charge in [-0.1, -0.05) is 41.9 Å². The van der Waals surface area contributed by atoms with Crippen LogP contribution in [-0.2, 0) is 6.42 Å². The first kappa shape index (κ1) is 17.7. The summed E-state index contributed by atoms with van der Waals surface area (Å²) < 4.78 is 0. The molecule has 0 saturated heterocycles. The van der Waals surface area contributed by atoms with E-state index in [1.54, 1.807) is 24.3 Å². The highest BCUT2D eigenvalue weighted by atomic mass is 35.5. The highest BCUT2D eigenvalue weighted by molar-refractivity contribution is 6.30. The first-order chi connectivity index (χ1) is 12.7. The number of amides is 2. The summed E-state index contributed by atoms with van der Waals surface area (Å²) in [6, 6.07) is 20.0. The summed E-state index contributed by atoms with van der Waals surface area (Å²) in [4.78, 5) is 11.9. The van der Waals surface area contributed by atoms with E-state index in [4.69, 9.17) is 11.6 Å². The van der Waals surface area contributed by atoms with Crippen molar-refractivity contribution in [3.8, 4) is 0 Å². The zero-order chi connectivity index (χ0) is 18.2. The smallest absolute Gasteiger partial charge is 0.324 e. The lowest BCUT2D eigenvalue weighted by molar-refractivity contribution is 0.262. The van der Waals surface area contributed by atoms with E-state index in [-0.39, 0.29) is 6.03 Å². The minimum Gasteiger partial charge on any atom is -0.368 e. The Morgan fingerprint density at radius 2 is 1.65 bits per heavy atom. The Morgan fingerprint density at radius 3 is 2.38 bits per heavy atom. The van der Waals surface area contributed by atoms with E-state index in [1.807, 2.05) is 42.5 Å². The molecule has 3 rings (SSSR count). The lowest BCUT2D eigenvalue weighted by atomic mass is 10.1. The second-order valence-electron chi connectivity index (χ2n) is 5.56. The predicted molar refractivity (Wildman–Crippen MR) is 105 cm³/mol. The number of carbonyl (C=O) groups excluding carboxylic acids is 1.